The third-order valence-corrected chi connectivity index (χ3v) is 5.91. The molecule has 1 aromatic carbocycles. The maximum absolute atomic E-state index is 13.6. The number of carbonyl (C=O) groups excluding carboxylic acids is 2. The highest BCUT2D eigenvalue weighted by Gasteiger charge is 2.37. The van der Waals surface area contributed by atoms with Crippen LogP contribution >= 0.6 is 0 Å². The quantitative estimate of drug-likeness (QED) is 0.709. The van der Waals surface area contributed by atoms with Crippen molar-refractivity contribution in [2.75, 3.05) is 32.1 Å². The van der Waals surface area contributed by atoms with Crippen LogP contribution in [0.15, 0.2) is 18.2 Å². The minimum absolute atomic E-state index is 0.0674. The Bertz CT molecular complexity index is 1110. The van der Waals surface area contributed by atoms with E-state index in [1.54, 1.807) is 21.6 Å². The molecule has 0 saturated carbocycles. The Labute approximate surface area is 184 Å². The number of aliphatic hydroxyl groups is 1. The van der Waals surface area contributed by atoms with E-state index in [4.69, 9.17) is 6.57 Å². The zero-order chi connectivity index (χ0) is 23.0. The van der Waals surface area contributed by atoms with Crippen molar-refractivity contribution in [3.63, 3.8) is 0 Å². The van der Waals surface area contributed by atoms with Crippen LogP contribution in [0.4, 0.5) is 20.6 Å². The van der Waals surface area contributed by atoms with Crippen molar-refractivity contribution in [1.29, 1.82) is 0 Å². The molecule has 0 spiro atoms. The Morgan fingerprint density at radius 1 is 1.41 bits per heavy atom. The maximum atomic E-state index is 13.6. The summed E-state index contributed by atoms with van der Waals surface area (Å²) in [5.41, 5.74) is 2.11. The van der Waals surface area contributed by atoms with Gasteiger partial charge in [-0.05, 0) is 25.1 Å². The number of hydrogen-bond acceptors (Lipinski definition) is 5. The van der Waals surface area contributed by atoms with Crippen molar-refractivity contribution in [2.24, 2.45) is 0 Å². The lowest BCUT2D eigenvalue weighted by Crippen LogP contribution is -2.46. The molecule has 2 aliphatic heterocycles. The van der Waals surface area contributed by atoms with E-state index in [2.05, 4.69) is 15.3 Å². The lowest BCUT2D eigenvalue weighted by Gasteiger charge is -2.34. The number of carbonyl (C=O) groups is 2. The zero-order valence-electron chi connectivity index (χ0n) is 17.9. The van der Waals surface area contributed by atoms with Gasteiger partial charge in [0.15, 0.2) is 0 Å². The lowest BCUT2D eigenvalue weighted by molar-refractivity contribution is -0.000216. The molecule has 168 valence electrons. The molecule has 1 atom stereocenters. The van der Waals surface area contributed by atoms with Crippen LogP contribution in [-0.4, -0.2) is 74.5 Å². The number of urea groups is 1. The van der Waals surface area contributed by atoms with Crippen LogP contribution in [0.1, 0.15) is 28.7 Å². The number of aromatic nitrogens is 2. The molecule has 3 amide bonds. The van der Waals surface area contributed by atoms with Gasteiger partial charge in [-0.15, -0.1) is 0 Å². The molecule has 2 aliphatic rings. The van der Waals surface area contributed by atoms with E-state index in [1.807, 2.05) is 6.92 Å². The molecule has 0 fully saturated rings. The molecule has 2 N–H and O–H groups in total. The normalized spacial score (nSPS) is 18.6. The van der Waals surface area contributed by atoms with Gasteiger partial charge in [-0.25, -0.2) is 19.0 Å². The molecule has 0 saturated heterocycles. The third-order valence-electron chi connectivity index (χ3n) is 5.91. The molecule has 0 aliphatic carbocycles. The van der Waals surface area contributed by atoms with E-state index in [-0.39, 0.29) is 30.8 Å². The van der Waals surface area contributed by atoms with Crippen molar-refractivity contribution in [1.82, 2.24) is 24.7 Å². The first-order chi connectivity index (χ1) is 15.3. The molecular weight excluding hydrogens is 417 g/mol. The van der Waals surface area contributed by atoms with E-state index < -0.39 is 11.8 Å². The molecular formula is C21H24FN7O3. The molecule has 32 heavy (non-hydrogen) atoms. The number of fused-ring (bicyclic) bond motifs is 3. The molecule has 4 rings (SSSR count). The fraction of sp³-hybridized carbons (Fsp3) is 0.429. The number of amides is 3. The maximum Gasteiger partial charge on any atom is 0.322 e. The molecule has 1 aromatic heterocycles. The van der Waals surface area contributed by atoms with Crippen LogP contribution in [0.5, 0.6) is 0 Å². The number of rotatable bonds is 3. The largest absolute Gasteiger partial charge is 0.395 e. The number of nitrogens with zero attached hydrogens (tertiary/aromatic N) is 6. The summed E-state index contributed by atoms with van der Waals surface area (Å²) in [7, 11) is 1.66. The topological polar surface area (TPSA) is 98.3 Å². The number of halogens is 1. The molecule has 3 heterocycles. The fourth-order valence-corrected chi connectivity index (χ4v) is 4.16. The van der Waals surface area contributed by atoms with E-state index in [0.717, 1.165) is 11.8 Å². The van der Waals surface area contributed by atoms with E-state index >= 15 is 0 Å². The Balaban J connectivity index is 1.59. The third kappa shape index (κ3) is 3.79. The van der Waals surface area contributed by atoms with Crippen LogP contribution in [0.25, 0.3) is 4.85 Å². The van der Waals surface area contributed by atoms with E-state index in [1.165, 1.54) is 17.1 Å². The second kappa shape index (κ2) is 8.57. The van der Waals surface area contributed by atoms with Crippen molar-refractivity contribution < 1.29 is 19.1 Å². The highest BCUT2D eigenvalue weighted by molar-refractivity contribution is 5.95. The Hall–Kier alpha value is -3.49. The predicted octanol–water partition coefficient (Wildman–Crippen LogP) is 1.85. The van der Waals surface area contributed by atoms with Crippen LogP contribution in [0, 0.1) is 12.4 Å². The summed E-state index contributed by atoms with van der Waals surface area (Å²) in [5.74, 6) is -0.880. The summed E-state index contributed by atoms with van der Waals surface area (Å²) in [6.45, 7) is 10.4. The lowest BCUT2D eigenvalue weighted by atomic mass is 9.99. The monoisotopic (exact) mass is 441 g/mol. The van der Waals surface area contributed by atoms with Gasteiger partial charge in [0.25, 0.3) is 5.91 Å². The second-order valence-electron chi connectivity index (χ2n) is 7.89. The first kappa shape index (κ1) is 21.7. The first-order valence-corrected chi connectivity index (χ1v) is 10.3. The molecule has 10 nitrogen and oxygen atoms in total. The van der Waals surface area contributed by atoms with Crippen molar-refractivity contribution in [2.45, 2.75) is 32.5 Å². The summed E-state index contributed by atoms with van der Waals surface area (Å²) < 4.78 is 15.3. The number of nitrogens with one attached hydrogen (secondary N) is 1. The first-order valence-electron chi connectivity index (χ1n) is 10.3. The van der Waals surface area contributed by atoms with Crippen molar-refractivity contribution in [3.05, 3.63) is 52.4 Å². The number of hydrazine groups is 1. The van der Waals surface area contributed by atoms with Gasteiger partial charge in [0.2, 0.25) is 5.69 Å². The average Bonchev–Trinajstić information content (AvgIpc) is 3.07. The highest BCUT2D eigenvalue weighted by Crippen LogP contribution is 2.29. The van der Waals surface area contributed by atoms with E-state index in [0.29, 0.717) is 43.0 Å². The summed E-state index contributed by atoms with van der Waals surface area (Å²) in [6, 6.07) is 3.27. The van der Waals surface area contributed by atoms with Crippen LogP contribution < -0.4 is 5.32 Å². The van der Waals surface area contributed by atoms with Gasteiger partial charge in [-0.3, -0.25) is 14.5 Å². The van der Waals surface area contributed by atoms with Gasteiger partial charge in [0.05, 0.1) is 32.0 Å². The number of benzene rings is 1. The van der Waals surface area contributed by atoms with Gasteiger partial charge in [-0.1, -0.05) is 0 Å². The number of anilines is 1. The van der Waals surface area contributed by atoms with Gasteiger partial charge in [0, 0.05) is 43.9 Å². The zero-order valence-corrected chi connectivity index (χ0v) is 17.9. The van der Waals surface area contributed by atoms with Crippen molar-refractivity contribution >= 4 is 23.3 Å². The van der Waals surface area contributed by atoms with Gasteiger partial charge >= 0.3 is 6.03 Å². The number of hydrogen-bond donors (Lipinski definition) is 2. The summed E-state index contributed by atoms with van der Waals surface area (Å²) in [5, 5.41) is 19.9. The summed E-state index contributed by atoms with van der Waals surface area (Å²) in [4.78, 5) is 30.9. The van der Waals surface area contributed by atoms with Crippen LogP contribution in [0.3, 0.4) is 0 Å². The second-order valence-corrected chi connectivity index (χ2v) is 7.89. The fourth-order valence-electron chi connectivity index (χ4n) is 4.16. The summed E-state index contributed by atoms with van der Waals surface area (Å²) >= 11 is 0. The minimum atomic E-state index is -0.644. The van der Waals surface area contributed by atoms with Crippen molar-refractivity contribution in [3.8, 4) is 0 Å². The van der Waals surface area contributed by atoms with Crippen LogP contribution in [-0.2, 0) is 19.5 Å². The number of aliphatic hydroxyl groups excluding tert-OH is 1. The number of β-amino-alcohol motifs (C(OH)–C–C–N with tert-alkyl or cyclic N) is 1. The molecule has 11 heteroatoms. The minimum Gasteiger partial charge on any atom is -0.395 e. The molecule has 0 unspecified atom stereocenters. The van der Waals surface area contributed by atoms with Gasteiger partial charge < -0.3 is 15.3 Å². The summed E-state index contributed by atoms with van der Waals surface area (Å²) in [6.07, 6.45) is 0.497. The Morgan fingerprint density at radius 2 is 2.19 bits per heavy atom. The smallest absolute Gasteiger partial charge is 0.322 e. The standard InChI is InChI=1S/C21H24FN7O3/c1-13-10-17-15(19-20(31)26(3)27(8-9-30)6-7-29(19)25-17)12-28(13)21(32)24-14-4-5-16(22)18(11-14)23-2/h4-5,11,13,30H,6-10,12H2,1,3H3,(H,24,32)/t13-/m1/s1. The van der Waals surface area contributed by atoms with Crippen LogP contribution in [0.2, 0.25) is 0 Å². The Kier molecular flexibility index (Phi) is 5.82. The molecule has 0 radical (unpaired) electrons. The molecule has 2 aromatic rings. The van der Waals surface area contributed by atoms with E-state index in [9.17, 15) is 19.1 Å². The molecule has 0 bridgehead atoms. The predicted molar refractivity (Wildman–Crippen MR) is 113 cm³/mol. The Morgan fingerprint density at radius 3 is 2.91 bits per heavy atom. The van der Waals surface area contributed by atoms with Gasteiger partial charge in [0.1, 0.15) is 11.5 Å². The average molecular weight is 441 g/mol. The highest BCUT2D eigenvalue weighted by atomic mass is 19.1. The SMILES string of the molecule is [C-]#[N+]c1cc(NC(=O)N2Cc3c(nn4c3C(=O)N(C)N(CCO)CC4)C[C@H]2C)ccc1F. The van der Waals surface area contributed by atoms with Gasteiger partial charge in [-0.2, -0.15) is 5.10 Å².